The number of hydrogen-bond donors (Lipinski definition) is 1. The van der Waals surface area contributed by atoms with Gasteiger partial charge in [-0.25, -0.2) is 4.98 Å². The molecule has 5 heteroatoms. The van der Waals surface area contributed by atoms with Crippen LogP contribution in [0.4, 0.5) is 0 Å². The number of pyridine rings is 2. The van der Waals surface area contributed by atoms with Crippen LogP contribution < -0.4 is 10.7 Å². The van der Waals surface area contributed by atoms with Crippen molar-refractivity contribution in [2.24, 2.45) is 0 Å². The zero-order valence-corrected chi connectivity index (χ0v) is 15.7. The van der Waals surface area contributed by atoms with Crippen LogP contribution >= 0.6 is 0 Å². The van der Waals surface area contributed by atoms with E-state index in [2.05, 4.69) is 22.4 Å². The molecule has 1 N–H and O–H groups in total. The fraction of sp³-hybridized carbons (Fsp3) is 0.318. The lowest BCUT2D eigenvalue weighted by Gasteiger charge is -2.26. The summed E-state index contributed by atoms with van der Waals surface area (Å²) in [7, 11) is 0. The molecule has 3 aromatic rings. The number of amides is 1. The molecule has 1 unspecified atom stereocenters. The van der Waals surface area contributed by atoms with E-state index >= 15 is 0 Å². The van der Waals surface area contributed by atoms with Crippen LogP contribution in [0.25, 0.3) is 11.0 Å². The first-order valence-electron chi connectivity index (χ1n) is 9.48. The second-order valence-corrected chi connectivity index (χ2v) is 7.10. The first kappa shape index (κ1) is 17.5. The van der Waals surface area contributed by atoms with E-state index in [1.165, 1.54) is 5.56 Å². The highest BCUT2D eigenvalue weighted by molar-refractivity contribution is 5.97. The quantitative estimate of drug-likeness (QED) is 0.776. The van der Waals surface area contributed by atoms with Gasteiger partial charge in [0.25, 0.3) is 5.91 Å². The Hall–Kier alpha value is -2.95. The smallest absolute Gasteiger partial charge is 0.257 e. The molecule has 2 heterocycles. The first-order chi connectivity index (χ1) is 13.1. The molecule has 0 aliphatic heterocycles. The number of aryl methyl sites for hydroxylation is 3. The second kappa shape index (κ2) is 6.99. The molecule has 1 aliphatic carbocycles. The molecule has 0 fully saturated rings. The lowest BCUT2D eigenvalue weighted by molar-refractivity contribution is 0.0931. The summed E-state index contributed by atoms with van der Waals surface area (Å²) < 4.78 is 1.87. The van der Waals surface area contributed by atoms with Crippen LogP contribution in [-0.2, 0) is 13.0 Å². The fourth-order valence-corrected chi connectivity index (χ4v) is 3.90. The van der Waals surface area contributed by atoms with Crippen molar-refractivity contribution in [2.75, 3.05) is 0 Å². The Balaban J connectivity index is 1.73. The van der Waals surface area contributed by atoms with Gasteiger partial charge in [0.15, 0.2) is 0 Å². The van der Waals surface area contributed by atoms with E-state index in [-0.39, 0.29) is 22.9 Å². The molecule has 0 spiro atoms. The van der Waals surface area contributed by atoms with Gasteiger partial charge in [0.1, 0.15) is 11.2 Å². The summed E-state index contributed by atoms with van der Waals surface area (Å²) in [5, 5.41) is 3.57. The number of carbonyl (C=O) groups excluding carboxylic acids is 1. The number of nitrogens with zero attached hydrogens (tertiary/aromatic N) is 2. The molecule has 0 bridgehead atoms. The van der Waals surface area contributed by atoms with Gasteiger partial charge in [-0.15, -0.1) is 0 Å². The molecular formula is C22H23N3O2. The minimum Gasteiger partial charge on any atom is -0.345 e. The molecule has 5 nitrogen and oxygen atoms in total. The molecular weight excluding hydrogens is 338 g/mol. The third-order valence-electron chi connectivity index (χ3n) is 5.32. The van der Waals surface area contributed by atoms with Crippen molar-refractivity contribution in [3.8, 4) is 0 Å². The molecule has 27 heavy (non-hydrogen) atoms. The third kappa shape index (κ3) is 3.14. The Morgan fingerprint density at radius 2 is 2.07 bits per heavy atom. The number of carbonyl (C=O) groups is 1. The Labute approximate surface area is 158 Å². The normalized spacial score (nSPS) is 16.1. The van der Waals surface area contributed by atoms with E-state index in [9.17, 15) is 9.59 Å². The Bertz CT molecular complexity index is 1080. The molecule has 0 saturated carbocycles. The van der Waals surface area contributed by atoms with Crippen LogP contribution in [0.3, 0.4) is 0 Å². The predicted octanol–water partition coefficient (Wildman–Crippen LogP) is 3.53. The second-order valence-electron chi connectivity index (χ2n) is 7.10. The average Bonchev–Trinajstić information content (AvgIpc) is 2.68. The summed E-state index contributed by atoms with van der Waals surface area (Å²) in [6.07, 6.45) is 4.59. The van der Waals surface area contributed by atoms with E-state index in [0.29, 0.717) is 17.6 Å². The molecule has 1 aromatic carbocycles. The number of hydrogen-bond acceptors (Lipinski definition) is 3. The van der Waals surface area contributed by atoms with Crippen LogP contribution in [0, 0.1) is 6.92 Å². The van der Waals surface area contributed by atoms with E-state index < -0.39 is 0 Å². The Morgan fingerprint density at radius 3 is 2.89 bits per heavy atom. The number of fused-ring (bicyclic) bond motifs is 2. The van der Waals surface area contributed by atoms with E-state index in [1.807, 2.05) is 36.6 Å². The molecule has 1 atom stereocenters. The molecule has 2 aromatic heterocycles. The summed E-state index contributed by atoms with van der Waals surface area (Å²) in [6, 6.07) is 11.7. The maximum absolute atomic E-state index is 13.0. The van der Waals surface area contributed by atoms with Gasteiger partial charge >= 0.3 is 0 Å². The number of aromatic nitrogens is 2. The van der Waals surface area contributed by atoms with E-state index in [1.54, 1.807) is 12.3 Å². The fourth-order valence-electron chi connectivity index (χ4n) is 3.90. The summed E-state index contributed by atoms with van der Waals surface area (Å²) in [5.41, 5.74) is 3.83. The van der Waals surface area contributed by atoms with Crippen LogP contribution in [-0.4, -0.2) is 15.5 Å². The van der Waals surface area contributed by atoms with Gasteiger partial charge in [-0.05, 0) is 56.4 Å². The number of benzene rings is 1. The van der Waals surface area contributed by atoms with Crippen LogP contribution in [0.2, 0.25) is 0 Å². The highest BCUT2D eigenvalue weighted by Crippen LogP contribution is 2.29. The predicted molar refractivity (Wildman–Crippen MR) is 106 cm³/mol. The SMILES string of the molecule is CCn1cc(C(=O)NC2CCCc3ccccc32)c(=O)c2ccc(C)nc21. The molecule has 1 amide bonds. The van der Waals surface area contributed by atoms with Crippen LogP contribution in [0.1, 0.15) is 53.0 Å². The Morgan fingerprint density at radius 1 is 1.26 bits per heavy atom. The maximum Gasteiger partial charge on any atom is 0.257 e. The summed E-state index contributed by atoms with van der Waals surface area (Å²) in [5.74, 6) is -0.314. The van der Waals surface area contributed by atoms with Gasteiger partial charge < -0.3 is 9.88 Å². The average molecular weight is 361 g/mol. The van der Waals surface area contributed by atoms with Crippen LogP contribution in [0.5, 0.6) is 0 Å². The van der Waals surface area contributed by atoms with E-state index in [4.69, 9.17) is 0 Å². The molecule has 0 radical (unpaired) electrons. The van der Waals surface area contributed by atoms with Gasteiger partial charge in [-0.3, -0.25) is 9.59 Å². The largest absolute Gasteiger partial charge is 0.345 e. The number of rotatable bonds is 3. The van der Waals surface area contributed by atoms with Crippen molar-refractivity contribution in [3.63, 3.8) is 0 Å². The standard InChI is InChI=1S/C22H23N3O2/c1-3-25-13-18(20(26)17-12-11-14(2)23-21(17)25)22(27)24-19-10-6-8-15-7-4-5-9-16(15)19/h4-5,7,9,11-13,19H,3,6,8,10H2,1-2H3,(H,24,27). The first-order valence-corrected chi connectivity index (χ1v) is 9.48. The molecule has 0 saturated heterocycles. The lowest BCUT2D eigenvalue weighted by atomic mass is 9.87. The van der Waals surface area contributed by atoms with Crippen molar-refractivity contribution >= 4 is 16.9 Å². The Kier molecular flexibility index (Phi) is 4.52. The highest BCUT2D eigenvalue weighted by Gasteiger charge is 2.24. The van der Waals surface area contributed by atoms with Gasteiger partial charge in [-0.1, -0.05) is 24.3 Å². The highest BCUT2D eigenvalue weighted by atomic mass is 16.2. The van der Waals surface area contributed by atoms with Gasteiger partial charge in [0.05, 0.1) is 11.4 Å². The molecule has 1 aliphatic rings. The lowest BCUT2D eigenvalue weighted by Crippen LogP contribution is -2.34. The van der Waals surface area contributed by atoms with Crippen molar-refractivity contribution in [3.05, 3.63) is 75.2 Å². The summed E-state index contributed by atoms with van der Waals surface area (Å²) in [6.45, 7) is 4.51. The summed E-state index contributed by atoms with van der Waals surface area (Å²) in [4.78, 5) is 30.4. The van der Waals surface area contributed by atoms with Gasteiger partial charge in [0.2, 0.25) is 5.43 Å². The van der Waals surface area contributed by atoms with Crippen LogP contribution in [0.15, 0.2) is 47.4 Å². The van der Waals surface area contributed by atoms with Gasteiger partial charge in [0, 0.05) is 18.4 Å². The third-order valence-corrected chi connectivity index (χ3v) is 5.32. The van der Waals surface area contributed by atoms with Crippen molar-refractivity contribution in [1.82, 2.24) is 14.9 Å². The topological polar surface area (TPSA) is 64.0 Å². The zero-order chi connectivity index (χ0) is 19.0. The molecule has 4 rings (SSSR count). The molecule has 138 valence electrons. The zero-order valence-electron chi connectivity index (χ0n) is 15.7. The summed E-state index contributed by atoms with van der Waals surface area (Å²) >= 11 is 0. The van der Waals surface area contributed by atoms with Crippen molar-refractivity contribution in [1.29, 1.82) is 0 Å². The van der Waals surface area contributed by atoms with Crippen molar-refractivity contribution < 1.29 is 4.79 Å². The maximum atomic E-state index is 13.0. The van der Waals surface area contributed by atoms with Gasteiger partial charge in [-0.2, -0.15) is 0 Å². The number of nitrogens with one attached hydrogen (secondary N) is 1. The van der Waals surface area contributed by atoms with Crippen molar-refractivity contribution in [2.45, 2.75) is 45.7 Å². The minimum absolute atomic E-state index is 0.0521. The monoisotopic (exact) mass is 361 g/mol. The minimum atomic E-state index is -0.314. The van der Waals surface area contributed by atoms with E-state index in [0.717, 1.165) is 30.5 Å².